The Morgan fingerprint density at radius 1 is 1.05 bits per heavy atom. The first-order chi connectivity index (χ1) is 20.0. The summed E-state index contributed by atoms with van der Waals surface area (Å²) in [7, 11) is 0. The van der Waals surface area contributed by atoms with Crippen molar-refractivity contribution in [2.45, 2.75) is 49.2 Å². The number of nitrogens with two attached hydrogens (primary N) is 2. The summed E-state index contributed by atoms with van der Waals surface area (Å²) in [5, 5.41) is 20.1. The highest BCUT2D eigenvalue weighted by Crippen LogP contribution is 2.57. The van der Waals surface area contributed by atoms with E-state index in [9.17, 15) is 19.6 Å². The number of nitrogens with zero attached hydrogens (tertiary/aromatic N) is 7. The molecule has 0 saturated carbocycles. The van der Waals surface area contributed by atoms with Crippen molar-refractivity contribution in [1.29, 1.82) is 0 Å². The molecule has 2 fully saturated rings. The van der Waals surface area contributed by atoms with Crippen LogP contribution in [0.1, 0.15) is 12.5 Å². The molecular weight excluding hydrogens is 609 g/mol. The van der Waals surface area contributed by atoms with E-state index in [4.69, 9.17) is 30.0 Å². The molecule has 0 unspecified atom stereocenters. The lowest BCUT2D eigenvalue weighted by Crippen LogP contribution is -2.33. The Morgan fingerprint density at radius 2 is 1.74 bits per heavy atom. The number of aromatic amines is 1. The molecule has 0 aromatic carbocycles. The largest absolute Gasteiger partial charge is 0.394 e. The van der Waals surface area contributed by atoms with E-state index in [-0.39, 0.29) is 34.1 Å². The predicted octanol–water partition coefficient (Wildman–Crippen LogP) is -0.612. The van der Waals surface area contributed by atoms with E-state index in [1.165, 1.54) is 10.9 Å². The molecule has 2 aliphatic rings. The quantitative estimate of drug-likeness (QED) is 0.105. The fourth-order valence-corrected chi connectivity index (χ4v) is 6.23. The van der Waals surface area contributed by atoms with Crippen LogP contribution in [-0.2, 0) is 23.1 Å². The van der Waals surface area contributed by atoms with Gasteiger partial charge in [-0.2, -0.15) is 4.98 Å². The van der Waals surface area contributed by atoms with Crippen LogP contribution in [0.15, 0.2) is 23.8 Å². The number of aliphatic hydroxyl groups excluding tert-OH is 2. The Bertz CT molecular complexity index is 1740. The van der Waals surface area contributed by atoms with Crippen molar-refractivity contribution in [3.63, 3.8) is 0 Å². The number of alkyl halides is 2. The van der Waals surface area contributed by atoms with Crippen molar-refractivity contribution in [3.8, 4) is 0 Å². The van der Waals surface area contributed by atoms with Gasteiger partial charge in [0, 0.05) is 0 Å². The van der Waals surface area contributed by atoms with Crippen LogP contribution in [0.4, 0.5) is 20.5 Å². The molecule has 42 heavy (non-hydrogen) atoms. The third-order valence-corrected chi connectivity index (χ3v) is 8.40. The van der Waals surface area contributed by atoms with Gasteiger partial charge in [0.25, 0.3) is 5.56 Å². The molecule has 6 rings (SSSR count). The van der Waals surface area contributed by atoms with E-state index < -0.39 is 74.8 Å². The Kier molecular flexibility index (Phi) is 7.38. The third kappa shape index (κ3) is 4.90. The second-order valence-corrected chi connectivity index (χ2v) is 12.3. The average molecular weight is 633 g/mol. The number of anilines is 2. The lowest BCUT2D eigenvalue weighted by Gasteiger charge is -2.25. The third-order valence-electron chi connectivity index (χ3n) is 6.78. The van der Waals surface area contributed by atoms with Crippen LogP contribution in [0.5, 0.6) is 0 Å². The number of fused-ring (bicyclic) bond motifs is 2. The Hall–Kier alpha value is -3.30. The van der Waals surface area contributed by atoms with E-state index in [0.717, 1.165) is 17.2 Å². The van der Waals surface area contributed by atoms with Gasteiger partial charge in [-0.1, -0.05) is 12.2 Å². The van der Waals surface area contributed by atoms with Crippen LogP contribution in [0, 0.1) is 0 Å². The summed E-state index contributed by atoms with van der Waals surface area (Å²) in [6.45, 7) is -5.95. The molecule has 2 aliphatic heterocycles. The van der Waals surface area contributed by atoms with Crippen molar-refractivity contribution in [1.82, 2.24) is 39.0 Å². The molecule has 6 heterocycles. The number of rotatable bonds is 8. The van der Waals surface area contributed by atoms with Gasteiger partial charge < -0.3 is 31.2 Å². The van der Waals surface area contributed by atoms with Crippen LogP contribution < -0.4 is 17.0 Å². The lowest BCUT2D eigenvalue weighted by molar-refractivity contribution is -0.0530. The number of imidazole rings is 2. The normalized spacial score (nSPS) is 31.3. The summed E-state index contributed by atoms with van der Waals surface area (Å²) in [6, 6.07) is 0. The number of halogens is 2. The zero-order valence-corrected chi connectivity index (χ0v) is 22.8. The van der Waals surface area contributed by atoms with Gasteiger partial charge in [0.05, 0.1) is 25.9 Å². The van der Waals surface area contributed by atoms with Crippen LogP contribution in [0.3, 0.4) is 0 Å². The predicted molar refractivity (Wildman–Crippen MR) is 140 cm³/mol. The van der Waals surface area contributed by atoms with Gasteiger partial charge in [-0.05, 0) is 0 Å². The van der Waals surface area contributed by atoms with Crippen molar-refractivity contribution in [2.75, 3.05) is 24.7 Å². The monoisotopic (exact) mass is 632 g/mol. The van der Waals surface area contributed by atoms with E-state index in [1.807, 2.05) is 0 Å². The van der Waals surface area contributed by atoms with Crippen molar-refractivity contribution >= 4 is 53.1 Å². The summed E-state index contributed by atoms with van der Waals surface area (Å²) < 4.78 is 67.7. The number of hydrogen-bond donors (Lipinski definition) is 6. The van der Waals surface area contributed by atoms with Crippen molar-refractivity contribution in [2.24, 2.45) is 0 Å². The maximum absolute atomic E-state index is 15.3. The number of aliphatic hydroxyl groups is 2. The molecule has 4 aromatic rings. The van der Waals surface area contributed by atoms with Gasteiger partial charge in [-0.25, -0.2) is 33.3 Å². The van der Waals surface area contributed by atoms with Gasteiger partial charge in [-0.3, -0.25) is 28.0 Å². The summed E-state index contributed by atoms with van der Waals surface area (Å²) in [6.07, 6.45) is -9.70. The summed E-state index contributed by atoms with van der Waals surface area (Å²) in [5.74, 6) is -0.207. The molecule has 0 amide bonds. The number of nitrogen functional groups attached to an aromatic ring is 2. The Labute approximate surface area is 237 Å². The summed E-state index contributed by atoms with van der Waals surface area (Å²) >= 11 is 3.91. The molecule has 0 spiro atoms. The molecule has 7 N–H and O–H groups in total. The number of ether oxygens (including phenoxy) is 2. The smallest absolute Gasteiger partial charge is 0.386 e. The fraction of sp³-hybridized carbons (Fsp3) is 0.500. The van der Waals surface area contributed by atoms with E-state index >= 15 is 8.78 Å². The number of aromatic nitrogens is 8. The van der Waals surface area contributed by atoms with Gasteiger partial charge in [0.1, 0.15) is 36.3 Å². The minimum absolute atomic E-state index is 0.0549. The highest BCUT2D eigenvalue weighted by Gasteiger charge is 2.51. The highest BCUT2D eigenvalue weighted by atomic mass is 32.7. The Morgan fingerprint density at radius 3 is 2.48 bits per heavy atom. The zero-order valence-electron chi connectivity index (χ0n) is 21.0. The van der Waals surface area contributed by atoms with Gasteiger partial charge >= 0.3 is 6.80 Å². The van der Waals surface area contributed by atoms with Gasteiger partial charge in [0.15, 0.2) is 47.4 Å². The minimum atomic E-state index is -4.48. The van der Waals surface area contributed by atoms with Crippen molar-refractivity contribution < 1.29 is 42.1 Å². The molecule has 9 atom stereocenters. The Balaban J connectivity index is 1.19. The summed E-state index contributed by atoms with van der Waals surface area (Å²) in [5.41, 5.74) is 10.8. The lowest BCUT2D eigenvalue weighted by atomic mass is 10.1. The highest BCUT2D eigenvalue weighted by molar-refractivity contribution is 8.44. The minimum Gasteiger partial charge on any atom is -0.394 e. The molecule has 2 saturated heterocycles. The first-order valence-corrected chi connectivity index (χ1v) is 14.9. The maximum Gasteiger partial charge on any atom is 0.386 e. The average Bonchev–Trinajstić information content (AvgIpc) is 3.69. The van der Waals surface area contributed by atoms with Gasteiger partial charge in [-0.15, -0.1) is 0 Å². The number of H-pyrrole nitrogens is 1. The van der Waals surface area contributed by atoms with Gasteiger partial charge in [0.2, 0.25) is 5.95 Å². The van der Waals surface area contributed by atoms with Crippen LogP contribution in [-0.4, -0.2) is 99.2 Å². The topological polar surface area (TPSA) is 254 Å². The van der Waals surface area contributed by atoms with E-state index in [0.29, 0.717) is 0 Å². The SMILES string of the molecule is Nc1nc2c(ncn2[C@@H]2O[C@H](CO)[C@H](F)[C@H]2O[P@](=O)(S)OC[C@H]2O[C@@H](n3cnc4c(N)ncnc43)[C@@H](F)[C@@H]2O)c(=O)[nH]1. The number of nitrogens with one attached hydrogen (secondary N) is 1. The molecule has 226 valence electrons. The zero-order chi connectivity index (χ0) is 29.9. The summed E-state index contributed by atoms with van der Waals surface area (Å²) in [4.78, 5) is 34.2. The number of thiol groups is 1. The molecule has 0 bridgehead atoms. The molecule has 22 heteroatoms. The molecule has 4 aromatic heterocycles. The standard InChI is InChI=1S/C20H23F2N10O8PS/c21-8-6(1-33)38-19(32-5-28-11-16(32)29-20(24)30-17(11)35)13(8)40-41(36,42)37-2-7-12(34)9(22)18(39-7)31-4-27-10-14(23)25-3-26-15(10)31/h3-9,12-13,18-19,33-34H,1-2H2,(H,36,42)(H2,23,25,26)(H3,24,29,30,35)/t6-,7-,8+,9+,12-,13-,18-,19-,41-/m1/s1. The first kappa shape index (κ1) is 28.8. The van der Waals surface area contributed by atoms with Crippen LogP contribution in [0.25, 0.3) is 22.3 Å². The second-order valence-electron chi connectivity index (χ2n) is 9.38. The van der Waals surface area contributed by atoms with E-state index in [1.54, 1.807) is 0 Å². The van der Waals surface area contributed by atoms with Crippen molar-refractivity contribution in [3.05, 3.63) is 29.3 Å². The molecule has 0 radical (unpaired) electrons. The first-order valence-electron chi connectivity index (χ1n) is 12.2. The molecule has 0 aliphatic carbocycles. The number of hydrogen-bond acceptors (Lipinski definition) is 15. The molecular formula is C20H23F2N10O8PS. The van der Waals surface area contributed by atoms with Crippen LogP contribution in [0.2, 0.25) is 0 Å². The van der Waals surface area contributed by atoms with E-state index in [2.05, 4.69) is 42.2 Å². The molecule has 18 nitrogen and oxygen atoms in total. The maximum atomic E-state index is 15.3. The fourth-order valence-electron chi connectivity index (χ4n) is 4.78. The second kappa shape index (κ2) is 10.8. The van der Waals surface area contributed by atoms with Crippen LogP contribution >= 0.6 is 19.0 Å².